The Bertz CT molecular complexity index is 206. The van der Waals surface area contributed by atoms with Crippen molar-refractivity contribution >= 4 is 17.5 Å². The molecule has 0 aliphatic heterocycles. The molecular weight excluding hydrogens is 222 g/mol. The smallest absolute Gasteiger partial charge is 0.237 e. The standard InChI is InChI=1S/C13H26ClNO/c1-5-7-9-13(4,8-6-2)10-15-12(16)11(3)14/h11H,5-10H2,1-4H3,(H,15,16)/t11-,13?/m0/s1. The number of nitrogens with one attached hydrogen (secondary N) is 1. The Morgan fingerprint density at radius 2 is 1.94 bits per heavy atom. The zero-order valence-electron chi connectivity index (χ0n) is 11.1. The fourth-order valence-electron chi connectivity index (χ4n) is 1.95. The Morgan fingerprint density at radius 1 is 1.31 bits per heavy atom. The molecule has 3 heteroatoms. The summed E-state index contributed by atoms with van der Waals surface area (Å²) in [5.41, 5.74) is 0.228. The number of unbranched alkanes of at least 4 members (excludes halogenated alkanes) is 1. The predicted molar refractivity (Wildman–Crippen MR) is 70.9 cm³/mol. The Morgan fingerprint density at radius 3 is 2.38 bits per heavy atom. The fourth-order valence-corrected chi connectivity index (χ4v) is 2.03. The van der Waals surface area contributed by atoms with Crippen LogP contribution in [0.5, 0.6) is 0 Å². The van der Waals surface area contributed by atoms with Crippen LogP contribution in [0.25, 0.3) is 0 Å². The van der Waals surface area contributed by atoms with Crippen molar-refractivity contribution in [3.63, 3.8) is 0 Å². The minimum Gasteiger partial charge on any atom is -0.354 e. The van der Waals surface area contributed by atoms with Crippen molar-refractivity contribution in [2.24, 2.45) is 5.41 Å². The Hall–Kier alpha value is -0.240. The van der Waals surface area contributed by atoms with E-state index < -0.39 is 5.38 Å². The van der Waals surface area contributed by atoms with Gasteiger partial charge in [0.05, 0.1) is 0 Å². The number of hydrogen-bond acceptors (Lipinski definition) is 1. The first kappa shape index (κ1) is 15.8. The number of rotatable bonds is 8. The lowest BCUT2D eigenvalue weighted by atomic mass is 9.80. The highest BCUT2D eigenvalue weighted by atomic mass is 35.5. The Balaban J connectivity index is 4.15. The van der Waals surface area contributed by atoms with Gasteiger partial charge < -0.3 is 5.32 Å². The second-order valence-electron chi connectivity index (χ2n) is 5.00. The van der Waals surface area contributed by atoms with Crippen LogP contribution in [0.3, 0.4) is 0 Å². The molecule has 0 spiro atoms. The summed E-state index contributed by atoms with van der Waals surface area (Å²) in [7, 11) is 0. The average Bonchev–Trinajstić information content (AvgIpc) is 2.23. The first-order valence-corrected chi connectivity index (χ1v) is 6.80. The molecule has 0 aliphatic rings. The van der Waals surface area contributed by atoms with E-state index in [4.69, 9.17) is 11.6 Å². The molecule has 96 valence electrons. The van der Waals surface area contributed by atoms with Crippen LogP contribution in [0.1, 0.15) is 59.8 Å². The Kier molecular flexibility index (Phi) is 7.82. The fraction of sp³-hybridized carbons (Fsp3) is 0.923. The highest BCUT2D eigenvalue weighted by Gasteiger charge is 2.23. The molecule has 0 saturated heterocycles. The zero-order valence-corrected chi connectivity index (χ0v) is 11.9. The topological polar surface area (TPSA) is 29.1 Å². The second-order valence-corrected chi connectivity index (χ2v) is 5.65. The highest BCUT2D eigenvalue weighted by molar-refractivity contribution is 6.30. The molecule has 0 aromatic rings. The number of alkyl halides is 1. The van der Waals surface area contributed by atoms with Gasteiger partial charge in [-0.1, -0.05) is 40.0 Å². The van der Waals surface area contributed by atoms with E-state index in [0.29, 0.717) is 0 Å². The molecule has 0 radical (unpaired) electrons. The van der Waals surface area contributed by atoms with E-state index in [-0.39, 0.29) is 11.3 Å². The number of hydrogen-bond donors (Lipinski definition) is 1. The van der Waals surface area contributed by atoms with E-state index in [2.05, 4.69) is 26.1 Å². The molecule has 0 aromatic heterocycles. The highest BCUT2D eigenvalue weighted by Crippen LogP contribution is 2.29. The SMILES string of the molecule is CCCCC(C)(CCC)CNC(=O)[C@H](C)Cl. The summed E-state index contributed by atoms with van der Waals surface area (Å²) in [6.45, 7) is 9.10. The maximum absolute atomic E-state index is 11.4. The molecule has 1 unspecified atom stereocenters. The number of carbonyl (C=O) groups is 1. The number of halogens is 1. The van der Waals surface area contributed by atoms with Crippen LogP contribution < -0.4 is 5.32 Å². The molecule has 16 heavy (non-hydrogen) atoms. The summed E-state index contributed by atoms with van der Waals surface area (Å²) in [6, 6.07) is 0. The lowest BCUT2D eigenvalue weighted by molar-refractivity contribution is -0.121. The van der Waals surface area contributed by atoms with Gasteiger partial charge in [0.2, 0.25) is 5.91 Å². The molecule has 0 bridgehead atoms. The van der Waals surface area contributed by atoms with E-state index >= 15 is 0 Å². The predicted octanol–water partition coefficient (Wildman–Crippen LogP) is 3.73. The quantitative estimate of drug-likeness (QED) is 0.651. The zero-order chi connectivity index (χ0) is 12.6. The van der Waals surface area contributed by atoms with Crippen LogP contribution >= 0.6 is 11.6 Å². The normalized spacial score (nSPS) is 16.6. The molecule has 0 fully saturated rings. The van der Waals surface area contributed by atoms with Crippen molar-refractivity contribution in [2.45, 2.75) is 65.2 Å². The number of carbonyl (C=O) groups excluding carboxylic acids is 1. The van der Waals surface area contributed by atoms with Crippen molar-refractivity contribution in [3.8, 4) is 0 Å². The molecule has 0 aliphatic carbocycles. The van der Waals surface area contributed by atoms with Crippen LogP contribution in [0.4, 0.5) is 0 Å². The summed E-state index contributed by atoms with van der Waals surface area (Å²) < 4.78 is 0. The number of amides is 1. The summed E-state index contributed by atoms with van der Waals surface area (Å²) in [5, 5.41) is 2.51. The van der Waals surface area contributed by atoms with Crippen LogP contribution in [-0.2, 0) is 4.79 Å². The van der Waals surface area contributed by atoms with Gasteiger partial charge in [-0.25, -0.2) is 0 Å². The summed E-state index contributed by atoms with van der Waals surface area (Å²) >= 11 is 5.73. The van der Waals surface area contributed by atoms with Crippen LogP contribution in [0.15, 0.2) is 0 Å². The van der Waals surface area contributed by atoms with Crippen LogP contribution in [0.2, 0.25) is 0 Å². The van der Waals surface area contributed by atoms with Gasteiger partial charge in [-0.3, -0.25) is 4.79 Å². The Labute approximate surface area is 105 Å². The van der Waals surface area contributed by atoms with Gasteiger partial charge in [0.15, 0.2) is 0 Å². The molecule has 2 nitrogen and oxygen atoms in total. The van der Waals surface area contributed by atoms with E-state index in [1.807, 2.05) is 0 Å². The van der Waals surface area contributed by atoms with Crippen molar-refractivity contribution in [1.29, 1.82) is 0 Å². The van der Waals surface area contributed by atoms with Gasteiger partial charge in [0.1, 0.15) is 5.38 Å². The molecular formula is C13H26ClNO. The molecule has 0 aromatic carbocycles. The monoisotopic (exact) mass is 247 g/mol. The van der Waals surface area contributed by atoms with E-state index in [1.54, 1.807) is 6.92 Å². The van der Waals surface area contributed by atoms with Crippen LogP contribution in [-0.4, -0.2) is 17.8 Å². The molecule has 0 saturated carbocycles. The minimum atomic E-state index is -0.433. The largest absolute Gasteiger partial charge is 0.354 e. The maximum Gasteiger partial charge on any atom is 0.237 e. The van der Waals surface area contributed by atoms with Gasteiger partial charge in [0, 0.05) is 6.54 Å². The third-order valence-electron chi connectivity index (χ3n) is 3.04. The van der Waals surface area contributed by atoms with E-state index in [9.17, 15) is 4.79 Å². The third kappa shape index (κ3) is 6.37. The van der Waals surface area contributed by atoms with Crippen molar-refractivity contribution in [3.05, 3.63) is 0 Å². The summed E-state index contributed by atoms with van der Waals surface area (Å²) in [5.74, 6) is -0.0551. The molecule has 2 atom stereocenters. The van der Waals surface area contributed by atoms with Gasteiger partial charge in [-0.05, 0) is 25.2 Å². The second kappa shape index (κ2) is 7.94. The van der Waals surface area contributed by atoms with Crippen LogP contribution in [0, 0.1) is 5.41 Å². The van der Waals surface area contributed by atoms with Gasteiger partial charge >= 0.3 is 0 Å². The first-order valence-electron chi connectivity index (χ1n) is 6.37. The van der Waals surface area contributed by atoms with Gasteiger partial charge in [-0.15, -0.1) is 11.6 Å². The average molecular weight is 248 g/mol. The summed E-state index contributed by atoms with van der Waals surface area (Å²) in [4.78, 5) is 11.4. The summed E-state index contributed by atoms with van der Waals surface area (Å²) in [6.07, 6.45) is 5.92. The third-order valence-corrected chi connectivity index (χ3v) is 3.24. The molecule has 0 heterocycles. The lowest BCUT2D eigenvalue weighted by Gasteiger charge is -2.29. The van der Waals surface area contributed by atoms with Gasteiger partial charge in [0.25, 0.3) is 0 Å². The van der Waals surface area contributed by atoms with E-state index in [1.165, 1.54) is 19.3 Å². The molecule has 1 amide bonds. The molecule has 0 rings (SSSR count). The van der Waals surface area contributed by atoms with Gasteiger partial charge in [-0.2, -0.15) is 0 Å². The lowest BCUT2D eigenvalue weighted by Crippen LogP contribution is -2.38. The van der Waals surface area contributed by atoms with Crippen molar-refractivity contribution in [1.82, 2.24) is 5.32 Å². The van der Waals surface area contributed by atoms with Crippen molar-refractivity contribution < 1.29 is 4.79 Å². The molecule has 1 N–H and O–H groups in total. The van der Waals surface area contributed by atoms with Crippen molar-refractivity contribution in [2.75, 3.05) is 6.54 Å². The van der Waals surface area contributed by atoms with E-state index in [0.717, 1.165) is 19.4 Å². The maximum atomic E-state index is 11.4. The minimum absolute atomic E-state index is 0.0551. The first-order chi connectivity index (χ1) is 7.45.